The third-order valence-electron chi connectivity index (χ3n) is 3.98. The van der Waals surface area contributed by atoms with Gasteiger partial charge < -0.3 is 10.7 Å². The molecule has 2 atom stereocenters. The fraction of sp³-hybridized carbons (Fsp3) is 0.812. The van der Waals surface area contributed by atoms with Crippen molar-refractivity contribution in [3.63, 3.8) is 0 Å². The third kappa shape index (κ3) is 6.48. The Morgan fingerprint density at radius 2 is 2.14 bits per heavy atom. The van der Waals surface area contributed by atoms with Crippen molar-refractivity contribution >= 4 is 29.3 Å². The molecular weight excluding hydrogens is 298 g/mol. The highest BCUT2D eigenvalue weighted by Gasteiger charge is 2.38. The molecule has 2 amide bonds. The summed E-state index contributed by atoms with van der Waals surface area (Å²) in [7, 11) is 1.94. The zero-order valence-corrected chi connectivity index (χ0v) is 14.8. The zero-order chi connectivity index (χ0) is 16.5. The standard InChI is InChI=1S/C16H29N3O2S/c1-12(17)7-6-10-22-14-11-15(20)19(16(14)21)9-5-4-8-13(2)18-3/h13-14,17-18H,4-11H2,1-3H3/t13-,14?/m1/s1. The fourth-order valence-electron chi connectivity index (χ4n) is 2.45. The van der Waals surface area contributed by atoms with E-state index in [1.165, 1.54) is 4.90 Å². The summed E-state index contributed by atoms with van der Waals surface area (Å²) in [6.07, 6.45) is 4.99. The highest BCUT2D eigenvalue weighted by atomic mass is 32.2. The Morgan fingerprint density at radius 3 is 2.77 bits per heavy atom. The molecule has 22 heavy (non-hydrogen) atoms. The molecule has 0 aliphatic carbocycles. The van der Waals surface area contributed by atoms with Gasteiger partial charge >= 0.3 is 0 Å². The number of rotatable bonds is 11. The summed E-state index contributed by atoms with van der Waals surface area (Å²) < 4.78 is 0. The number of unbranched alkanes of at least 4 members (excludes halogenated alkanes) is 1. The third-order valence-corrected chi connectivity index (χ3v) is 5.27. The molecule has 1 heterocycles. The lowest BCUT2D eigenvalue weighted by atomic mass is 10.1. The van der Waals surface area contributed by atoms with Gasteiger partial charge in [-0.1, -0.05) is 6.42 Å². The molecule has 0 saturated carbocycles. The molecule has 2 N–H and O–H groups in total. The number of nitrogens with one attached hydrogen (secondary N) is 2. The van der Waals surface area contributed by atoms with Crippen LogP contribution in [0.1, 0.15) is 52.4 Å². The van der Waals surface area contributed by atoms with E-state index in [0.29, 0.717) is 24.7 Å². The minimum Gasteiger partial charge on any atom is -0.317 e. The smallest absolute Gasteiger partial charge is 0.242 e. The predicted molar refractivity (Wildman–Crippen MR) is 92.6 cm³/mol. The van der Waals surface area contributed by atoms with Gasteiger partial charge in [-0.25, -0.2) is 0 Å². The number of hydrogen-bond acceptors (Lipinski definition) is 5. The number of hydrogen-bond donors (Lipinski definition) is 2. The van der Waals surface area contributed by atoms with Crippen LogP contribution in [0.2, 0.25) is 0 Å². The first-order chi connectivity index (χ1) is 10.5. The van der Waals surface area contributed by atoms with E-state index in [2.05, 4.69) is 12.2 Å². The lowest BCUT2D eigenvalue weighted by molar-refractivity contribution is -0.138. The molecule has 0 aromatic heterocycles. The van der Waals surface area contributed by atoms with Gasteiger partial charge in [0.25, 0.3) is 0 Å². The second-order valence-corrected chi connectivity index (χ2v) is 7.33. The Labute approximate surface area is 138 Å². The van der Waals surface area contributed by atoms with Crippen molar-refractivity contribution in [2.75, 3.05) is 19.3 Å². The molecule has 1 unspecified atom stereocenters. The van der Waals surface area contributed by atoms with Gasteiger partial charge in [-0.05, 0) is 52.3 Å². The number of imide groups is 1. The fourth-order valence-corrected chi connectivity index (χ4v) is 3.57. The predicted octanol–water partition coefficient (Wildman–Crippen LogP) is 2.45. The van der Waals surface area contributed by atoms with Crippen LogP contribution in [-0.2, 0) is 9.59 Å². The second-order valence-electron chi connectivity index (χ2n) is 6.02. The van der Waals surface area contributed by atoms with Gasteiger partial charge in [-0.3, -0.25) is 14.5 Å². The Kier molecular flexibility index (Phi) is 8.71. The molecule has 0 aromatic rings. The van der Waals surface area contributed by atoms with E-state index in [-0.39, 0.29) is 17.1 Å². The molecule has 0 spiro atoms. The summed E-state index contributed by atoms with van der Waals surface area (Å²) in [5, 5.41) is 10.4. The van der Waals surface area contributed by atoms with E-state index in [1.807, 2.05) is 7.05 Å². The topological polar surface area (TPSA) is 73.3 Å². The van der Waals surface area contributed by atoms with Crippen LogP contribution >= 0.6 is 11.8 Å². The summed E-state index contributed by atoms with van der Waals surface area (Å²) >= 11 is 1.57. The number of thioether (sulfide) groups is 1. The molecule has 1 rings (SSSR count). The molecule has 1 fully saturated rings. The van der Waals surface area contributed by atoms with Crippen LogP contribution in [-0.4, -0.2) is 53.1 Å². The van der Waals surface area contributed by atoms with Gasteiger partial charge in [0.15, 0.2) is 0 Å². The average molecular weight is 327 g/mol. The van der Waals surface area contributed by atoms with E-state index in [0.717, 1.165) is 37.9 Å². The van der Waals surface area contributed by atoms with E-state index in [4.69, 9.17) is 5.41 Å². The minimum absolute atomic E-state index is 0.0109. The number of likely N-dealkylation sites (tertiary alicyclic amines) is 1. The first kappa shape index (κ1) is 19.2. The Morgan fingerprint density at radius 1 is 1.41 bits per heavy atom. The molecule has 6 heteroatoms. The molecule has 0 aromatic carbocycles. The molecule has 0 radical (unpaired) electrons. The maximum absolute atomic E-state index is 12.3. The first-order valence-corrected chi connectivity index (χ1v) is 9.17. The highest BCUT2D eigenvalue weighted by molar-refractivity contribution is 8.00. The number of carbonyl (C=O) groups is 2. The molecule has 1 aliphatic rings. The SMILES string of the molecule is CN[C@H](C)CCCCN1C(=O)CC(SCCCC(C)=N)C1=O. The zero-order valence-electron chi connectivity index (χ0n) is 14.0. The summed E-state index contributed by atoms with van der Waals surface area (Å²) in [4.78, 5) is 25.7. The number of amides is 2. The van der Waals surface area contributed by atoms with E-state index in [1.54, 1.807) is 18.7 Å². The van der Waals surface area contributed by atoms with Gasteiger partial charge in [0.05, 0.1) is 5.25 Å². The van der Waals surface area contributed by atoms with Gasteiger partial charge in [-0.2, -0.15) is 0 Å². The summed E-state index contributed by atoms with van der Waals surface area (Å²) in [5.74, 6) is 0.809. The normalized spacial score (nSPS) is 19.8. The van der Waals surface area contributed by atoms with Crippen molar-refractivity contribution < 1.29 is 9.59 Å². The maximum atomic E-state index is 12.3. The lowest BCUT2D eigenvalue weighted by Crippen LogP contribution is -2.32. The number of nitrogens with zero attached hydrogens (tertiary/aromatic N) is 1. The molecule has 1 aliphatic heterocycles. The molecule has 1 saturated heterocycles. The van der Waals surface area contributed by atoms with Crippen LogP contribution in [0.15, 0.2) is 0 Å². The monoisotopic (exact) mass is 327 g/mol. The van der Waals surface area contributed by atoms with Crippen LogP contribution < -0.4 is 5.32 Å². The largest absolute Gasteiger partial charge is 0.317 e. The van der Waals surface area contributed by atoms with Crippen molar-refractivity contribution in [1.82, 2.24) is 10.2 Å². The lowest BCUT2D eigenvalue weighted by Gasteiger charge is -2.15. The van der Waals surface area contributed by atoms with Crippen molar-refractivity contribution in [2.24, 2.45) is 0 Å². The van der Waals surface area contributed by atoms with Crippen molar-refractivity contribution in [3.8, 4) is 0 Å². The van der Waals surface area contributed by atoms with Crippen LogP contribution in [0.5, 0.6) is 0 Å². The Hall–Kier alpha value is -0.880. The van der Waals surface area contributed by atoms with Crippen molar-refractivity contribution in [3.05, 3.63) is 0 Å². The van der Waals surface area contributed by atoms with Crippen molar-refractivity contribution in [1.29, 1.82) is 5.41 Å². The Bertz CT molecular complexity index is 401. The minimum atomic E-state index is -0.199. The Balaban J connectivity index is 2.27. The highest BCUT2D eigenvalue weighted by Crippen LogP contribution is 2.26. The molecule has 0 bridgehead atoms. The first-order valence-electron chi connectivity index (χ1n) is 8.12. The maximum Gasteiger partial charge on any atom is 0.242 e. The van der Waals surface area contributed by atoms with E-state index < -0.39 is 0 Å². The van der Waals surface area contributed by atoms with E-state index in [9.17, 15) is 9.59 Å². The van der Waals surface area contributed by atoms with E-state index >= 15 is 0 Å². The average Bonchev–Trinajstić information content (AvgIpc) is 2.74. The molecular formula is C16H29N3O2S. The number of carbonyl (C=O) groups excluding carboxylic acids is 2. The summed E-state index contributed by atoms with van der Waals surface area (Å²) in [5.41, 5.74) is 0.673. The van der Waals surface area contributed by atoms with Gasteiger partial charge in [0.1, 0.15) is 0 Å². The van der Waals surface area contributed by atoms with Crippen LogP contribution in [0.4, 0.5) is 0 Å². The van der Waals surface area contributed by atoms with Crippen molar-refractivity contribution in [2.45, 2.75) is 63.7 Å². The van der Waals surface area contributed by atoms with Crippen LogP contribution in [0.25, 0.3) is 0 Å². The summed E-state index contributed by atoms with van der Waals surface area (Å²) in [6, 6.07) is 0.477. The van der Waals surface area contributed by atoms with Gasteiger partial charge in [0.2, 0.25) is 11.8 Å². The van der Waals surface area contributed by atoms with Crippen LogP contribution in [0.3, 0.4) is 0 Å². The quantitative estimate of drug-likeness (QED) is 0.347. The van der Waals surface area contributed by atoms with Gasteiger partial charge in [-0.15, -0.1) is 11.8 Å². The molecule has 5 nitrogen and oxygen atoms in total. The van der Waals surface area contributed by atoms with Crippen LogP contribution in [0, 0.1) is 5.41 Å². The second kappa shape index (κ2) is 10.0. The van der Waals surface area contributed by atoms with Gasteiger partial charge in [0, 0.05) is 24.7 Å². The molecule has 126 valence electrons. The summed E-state index contributed by atoms with van der Waals surface area (Å²) in [6.45, 7) is 4.49.